The van der Waals surface area contributed by atoms with Crippen LogP contribution in [-0.4, -0.2) is 49.7 Å². The molecule has 0 radical (unpaired) electrons. The summed E-state index contributed by atoms with van der Waals surface area (Å²) in [5.41, 5.74) is 2.10. The van der Waals surface area contributed by atoms with E-state index < -0.39 is 6.61 Å². The number of fused-ring (bicyclic) bond motifs is 1. The molecule has 8 atom stereocenters. The van der Waals surface area contributed by atoms with Gasteiger partial charge in [-0.3, -0.25) is 0 Å². The van der Waals surface area contributed by atoms with E-state index in [1.165, 1.54) is 5.57 Å². The van der Waals surface area contributed by atoms with Gasteiger partial charge in [-0.25, -0.2) is 4.39 Å². The SMILES string of the molecule is CC(C)=CCC(C)[C@H](/C=C/[C@@H]1[C@H]2C/C(=C(\F)CO)C[C@H]2C[C@H]1OC1CCCCO1)OC1CCCCO1. The van der Waals surface area contributed by atoms with Crippen molar-refractivity contribution in [1.82, 2.24) is 0 Å². The van der Waals surface area contributed by atoms with Crippen LogP contribution < -0.4 is 0 Å². The van der Waals surface area contributed by atoms with Crippen molar-refractivity contribution in [2.75, 3.05) is 19.8 Å². The number of aliphatic hydroxyl groups is 1. The topological polar surface area (TPSA) is 57.2 Å². The van der Waals surface area contributed by atoms with E-state index in [4.69, 9.17) is 18.9 Å². The number of allylic oxidation sites excluding steroid dienone is 3. The smallest absolute Gasteiger partial charge is 0.158 e. The summed E-state index contributed by atoms with van der Waals surface area (Å²) >= 11 is 0. The van der Waals surface area contributed by atoms with Crippen LogP contribution in [0.1, 0.15) is 85.0 Å². The molecule has 1 N–H and O–H groups in total. The van der Waals surface area contributed by atoms with Gasteiger partial charge in [-0.05, 0) is 101 Å². The van der Waals surface area contributed by atoms with Gasteiger partial charge in [0.05, 0.1) is 18.8 Å². The van der Waals surface area contributed by atoms with Crippen LogP contribution >= 0.6 is 0 Å². The van der Waals surface area contributed by atoms with Crippen molar-refractivity contribution < 1.29 is 28.4 Å². The van der Waals surface area contributed by atoms with Gasteiger partial charge in [-0.15, -0.1) is 0 Å². The lowest BCUT2D eigenvalue weighted by Crippen LogP contribution is -2.32. The largest absolute Gasteiger partial charge is 0.389 e. The Hall–Kier alpha value is -1.05. The minimum atomic E-state index is -0.496. The summed E-state index contributed by atoms with van der Waals surface area (Å²) in [7, 11) is 0. The first-order chi connectivity index (χ1) is 17.4. The van der Waals surface area contributed by atoms with Gasteiger partial charge < -0.3 is 24.1 Å². The maximum Gasteiger partial charge on any atom is 0.158 e. The lowest BCUT2D eigenvalue weighted by Gasteiger charge is -2.31. The van der Waals surface area contributed by atoms with Gasteiger partial charge in [-0.2, -0.15) is 0 Å². The molecule has 6 heteroatoms. The van der Waals surface area contributed by atoms with Crippen molar-refractivity contribution in [3.8, 4) is 0 Å². The lowest BCUT2D eigenvalue weighted by atomic mass is 9.89. The van der Waals surface area contributed by atoms with Gasteiger partial charge in [0.25, 0.3) is 0 Å². The van der Waals surface area contributed by atoms with Gasteiger partial charge in [0.2, 0.25) is 0 Å². The van der Waals surface area contributed by atoms with E-state index in [0.717, 1.165) is 76.6 Å². The first-order valence-electron chi connectivity index (χ1n) is 14.3. The minimum absolute atomic E-state index is 0.0556. The van der Waals surface area contributed by atoms with E-state index in [2.05, 4.69) is 39.0 Å². The van der Waals surface area contributed by atoms with Crippen LogP contribution in [-0.2, 0) is 18.9 Å². The van der Waals surface area contributed by atoms with Crippen LogP contribution in [0.15, 0.2) is 35.2 Å². The molecule has 5 nitrogen and oxygen atoms in total. The zero-order chi connectivity index (χ0) is 25.5. The number of halogens is 1. The highest BCUT2D eigenvalue weighted by Crippen LogP contribution is 2.52. The number of hydrogen-bond acceptors (Lipinski definition) is 5. The first-order valence-corrected chi connectivity index (χ1v) is 14.3. The molecule has 36 heavy (non-hydrogen) atoms. The number of rotatable bonds is 10. The molecule has 0 amide bonds. The second-order valence-corrected chi connectivity index (χ2v) is 11.6. The predicted molar refractivity (Wildman–Crippen MR) is 139 cm³/mol. The molecule has 4 rings (SSSR count). The Labute approximate surface area is 217 Å². The van der Waals surface area contributed by atoms with Gasteiger partial charge in [0, 0.05) is 19.1 Å². The number of aliphatic hydroxyl groups excluding tert-OH is 1. The van der Waals surface area contributed by atoms with Crippen molar-refractivity contribution >= 4 is 0 Å². The van der Waals surface area contributed by atoms with Gasteiger partial charge in [0.1, 0.15) is 5.83 Å². The fourth-order valence-corrected chi connectivity index (χ4v) is 6.36. The van der Waals surface area contributed by atoms with E-state index >= 15 is 0 Å². The molecule has 0 spiro atoms. The van der Waals surface area contributed by atoms with Crippen molar-refractivity contribution in [2.24, 2.45) is 23.7 Å². The highest BCUT2D eigenvalue weighted by molar-refractivity contribution is 5.21. The zero-order valence-corrected chi connectivity index (χ0v) is 22.5. The van der Waals surface area contributed by atoms with E-state index in [1.807, 2.05) is 0 Å². The standard InChI is InChI=1S/C30H47FO5/c1-20(2)10-11-21(3)27(35-29-8-4-6-14-33-29)13-12-24-25-17-23(26(31)19-32)16-22(25)18-28(24)36-30-9-5-7-15-34-30/h10,12-13,21-22,24-25,27-30,32H,4-9,11,14-19H2,1-3H3/b13-12+,26-23-/t21?,22-,24+,25-,27-,28+,29?,30?/m0/s1. The third kappa shape index (κ3) is 7.50. The molecule has 2 aliphatic heterocycles. The van der Waals surface area contributed by atoms with E-state index in [9.17, 15) is 9.50 Å². The lowest BCUT2D eigenvalue weighted by molar-refractivity contribution is -0.193. The average molecular weight is 507 g/mol. The molecule has 2 saturated heterocycles. The predicted octanol–water partition coefficient (Wildman–Crippen LogP) is 6.62. The molecular formula is C30H47FO5. The van der Waals surface area contributed by atoms with Crippen molar-refractivity contribution in [3.63, 3.8) is 0 Å². The molecule has 0 bridgehead atoms. The number of ether oxygens (including phenoxy) is 4. The quantitative estimate of drug-likeness (QED) is 0.338. The van der Waals surface area contributed by atoms with Crippen LogP contribution in [0.3, 0.4) is 0 Å². The average Bonchev–Trinajstić information content (AvgIpc) is 3.44. The van der Waals surface area contributed by atoms with Gasteiger partial charge in [0.15, 0.2) is 12.6 Å². The van der Waals surface area contributed by atoms with E-state index in [-0.39, 0.29) is 36.5 Å². The molecule has 4 fully saturated rings. The summed E-state index contributed by atoms with van der Waals surface area (Å²) in [5.74, 6) is 0.849. The fraction of sp³-hybridized carbons (Fsp3) is 0.800. The Morgan fingerprint density at radius 1 is 1.08 bits per heavy atom. The van der Waals surface area contributed by atoms with E-state index in [0.29, 0.717) is 24.2 Å². The Kier molecular flexibility index (Phi) is 10.6. The van der Waals surface area contributed by atoms with Crippen molar-refractivity contribution in [2.45, 2.75) is 110 Å². The fourth-order valence-electron chi connectivity index (χ4n) is 6.36. The van der Waals surface area contributed by atoms with Crippen LogP contribution in [0.25, 0.3) is 0 Å². The van der Waals surface area contributed by atoms with Crippen molar-refractivity contribution in [3.05, 3.63) is 35.2 Å². The second kappa shape index (κ2) is 13.7. The normalized spacial score (nSPS) is 36.0. The maximum atomic E-state index is 14.3. The molecule has 4 aliphatic rings. The van der Waals surface area contributed by atoms with E-state index in [1.54, 1.807) is 0 Å². The monoisotopic (exact) mass is 506 g/mol. The third-order valence-electron chi connectivity index (χ3n) is 8.47. The second-order valence-electron chi connectivity index (χ2n) is 11.6. The highest BCUT2D eigenvalue weighted by Gasteiger charge is 2.48. The Bertz CT molecular complexity index is 776. The summed E-state index contributed by atoms with van der Waals surface area (Å²) in [6.07, 6.45) is 16.2. The summed E-state index contributed by atoms with van der Waals surface area (Å²) in [4.78, 5) is 0. The molecule has 204 valence electrons. The van der Waals surface area contributed by atoms with Gasteiger partial charge >= 0.3 is 0 Å². The molecule has 0 aromatic heterocycles. The Morgan fingerprint density at radius 2 is 1.81 bits per heavy atom. The molecular weight excluding hydrogens is 459 g/mol. The number of hydrogen-bond donors (Lipinski definition) is 1. The molecule has 0 aromatic carbocycles. The van der Waals surface area contributed by atoms with Gasteiger partial charge in [-0.1, -0.05) is 30.7 Å². The summed E-state index contributed by atoms with van der Waals surface area (Å²) in [6.45, 7) is 7.54. The molecule has 2 aliphatic carbocycles. The Balaban J connectivity index is 1.51. The summed E-state index contributed by atoms with van der Waals surface area (Å²) in [5, 5.41) is 9.35. The maximum absolute atomic E-state index is 14.3. The zero-order valence-electron chi connectivity index (χ0n) is 22.5. The van der Waals surface area contributed by atoms with Crippen LogP contribution in [0.2, 0.25) is 0 Å². The summed E-state index contributed by atoms with van der Waals surface area (Å²) < 4.78 is 39.2. The Morgan fingerprint density at radius 3 is 2.44 bits per heavy atom. The van der Waals surface area contributed by atoms with Crippen LogP contribution in [0.5, 0.6) is 0 Å². The minimum Gasteiger partial charge on any atom is -0.389 e. The molecule has 0 aromatic rings. The molecule has 2 heterocycles. The third-order valence-corrected chi connectivity index (χ3v) is 8.47. The first kappa shape index (κ1) is 28.0. The highest BCUT2D eigenvalue weighted by atomic mass is 19.1. The molecule has 3 unspecified atom stereocenters. The van der Waals surface area contributed by atoms with Crippen LogP contribution in [0.4, 0.5) is 4.39 Å². The molecule has 2 saturated carbocycles. The van der Waals surface area contributed by atoms with Crippen LogP contribution in [0, 0.1) is 23.7 Å². The summed E-state index contributed by atoms with van der Waals surface area (Å²) in [6, 6.07) is 0. The van der Waals surface area contributed by atoms with Crippen molar-refractivity contribution in [1.29, 1.82) is 0 Å².